The summed E-state index contributed by atoms with van der Waals surface area (Å²) >= 11 is 0. The molecule has 0 saturated carbocycles. The fraction of sp³-hybridized carbons (Fsp3) is 0.533. The second-order valence-electron chi connectivity index (χ2n) is 5.06. The van der Waals surface area contributed by atoms with Crippen molar-refractivity contribution in [3.05, 3.63) is 34.9 Å². The van der Waals surface area contributed by atoms with Crippen LogP contribution in [0.3, 0.4) is 0 Å². The zero-order valence-electron chi connectivity index (χ0n) is 11.8. The van der Waals surface area contributed by atoms with Crippen LogP contribution in [0.4, 0.5) is 0 Å². The van der Waals surface area contributed by atoms with Gasteiger partial charge in [0.1, 0.15) is 0 Å². The lowest BCUT2D eigenvalue weighted by Gasteiger charge is -2.18. The molecule has 104 valence electrons. The number of hydrogen-bond acceptors (Lipinski definition) is 3. The first kappa shape index (κ1) is 14.0. The van der Waals surface area contributed by atoms with Crippen molar-refractivity contribution in [2.24, 2.45) is 0 Å². The third-order valence-electron chi connectivity index (χ3n) is 3.67. The Kier molecular flexibility index (Phi) is 4.93. The molecule has 19 heavy (non-hydrogen) atoms. The number of fused-ring (bicyclic) bond motifs is 1. The SMILES string of the molecule is CCN(C)CCNC(=O)c1ccc2c(c1)CNCC2. The number of carbonyl (C=O) groups excluding carboxylic acids is 1. The Morgan fingerprint density at radius 1 is 1.42 bits per heavy atom. The van der Waals surface area contributed by atoms with Gasteiger partial charge in [0.15, 0.2) is 0 Å². The van der Waals surface area contributed by atoms with Crippen LogP contribution in [0.5, 0.6) is 0 Å². The molecule has 0 unspecified atom stereocenters. The maximum Gasteiger partial charge on any atom is 0.251 e. The molecule has 1 aliphatic heterocycles. The van der Waals surface area contributed by atoms with E-state index in [2.05, 4.69) is 35.6 Å². The molecule has 0 aliphatic carbocycles. The number of rotatable bonds is 5. The van der Waals surface area contributed by atoms with E-state index in [0.717, 1.165) is 38.2 Å². The topological polar surface area (TPSA) is 44.4 Å². The first-order valence-corrected chi connectivity index (χ1v) is 7.00. The van der Waals surface area contributed by atoms with Crippen molar-refractivity contribution in [2.75, 3.05) is 33.2 Å². The molecule has 0 spiro atoms. The number of carbonyl (C=O) groups is 1. The molecular formula is C15H23N3O. The highest BCUT2D eigenvalue weighted by Crippen LogP contribution is 2.15. The van der Waals surface area contributed by atoms with E-state index in [9.17, 15) is 4.79 Å². The van der Waals surface area contributed by atoms with Crippen LogP contribution in [0, 0.1) is 0 Å². The number of amides is 1. The highest BCUT2D eigenvalue weighted by atomic mass is 16.1. The van der Waals surface area contributed by atoms with Crippen molar-refractivity contribution in [1.82, 2.24) is 15.5 Å². The van der Waals surface area contributed by atoms with E-state index in [-0.39, 0.29) is 5.91 Å². The quantitative estimate of drug-likeness (QED) is 0.831. The molecule has 1 aromatic carbocycles. The Labute approximate surface area is 115 Å². The largest absolute Gasteiger partial charge is 0.351 e. The zero-order chi connectivity index (χ0) is 13.7. The van der Waals surface area contributed by atoms with E-state index in [1.165, 1.54) is 11.1 Å². The Bertz CT molecular complexity index is 445. The monoisotopic (exact) mass is 261 g/mol. The average molecular weight is 261 g/mol. The van der Waals surface area contributed by atoms with Crippen molar-refractivity contribution < 1.29 is 4.79 Å². The molecule has 0 atom stereocenters. The van der Waals surface area contributed by atoms with E-state index in [4.69, 9.17) is 0 Å². The molecule has 0 saturated heterocycles. The van der Waals surface area contributed by atoms with Gasteiger partial charge in [0.05, 0.1) is 0 Å². The van der Waals surface area contributed by atoms with Gasteiger partial charge in [0.2, 0.25) is 0 Å². The Morgan fingerprint density at radius 3 is 3.05 bits per heavy atom. The van der Waals surface area contributed by atoms with Gasteiger partial charge in [-0.3, -0.25) is 4.79 Å². The summed E-state index contributed by atoms with van der Waals surface area (Å²) in [6.45, 7) is 6.59. The van der Waals surface area contributed by atoms with E-state index < -0.39 is 0 Å². The van der Waals surface area contributed by atoms with Crippen LogP contribution >= 0.6 is 0 Å². The molecule has 0 fully saturated rings. The lowest BCUT2D eigenvalue weighted by Crippen LogP contribution is -2.33. The summed E-state index contributed by atoms with van der Waals surface area (Å²) in [5.41, 5.74) is 3.38. The van der Waals surface area contributed by atoms with Crippen LogP contribution in [-0.2, 0) is 13.0 Å². The molecule has 0 aromatic heterocycles. The zero-order valence-corrected chi connectivity index (χ0v) is 11.8. The molecule has 1 aromatic rings. The predicted octanol–water partition coefficient (Wildman–Crippen LogP) is 1.01. The Morgan fingerprint density at radius 2 is 2.26 bits per heavy atom. The maximum atomic E-state index is 12.1. The smallest absolute Gasteiger partial charge is 0.251 e. The molecule has 2 rings (SSSR count). The standard InChI is InChI=1S/C15H23N3O/c1-3-18(2)9-8-17-15(19)13-5-4-12-6-7-16-11-14(12)10-13/h4-5,10,16H,3,6-9,11H2,1-2H3,(H,17,19). The predicted molar refractivity (Wildman–Crippen MR) is 77.4 cm³/mol. The third-order valence-corrected chi connectivity index (χ3v) is 3.67. The molecular weight excluding hydrogens is 238 g/mol. The van der Waals surface area contributed by atoms with Crippen LogP contribution in [0.2, 0.25) is 0 Å². The Balaban J connectivity index is 1.92. The van der Waals surface area contributed by atoms with E-state index in [0.29, 0.717) is 6.54 Å². The minimum absolute atomic E-state index is 0.0258. The summed E-state index contributed by atoms with van der Waals surface area (Å²) < 4.78 is 0. The first-order chi connectivity index (χ1) is 9.20. The molecule has 4 heteroatoms. The van der Waals surface area contributed by atoms with E-state index >= 15 is 0 Å². The second-order valence-corrected chi connectivity index (χ2v) is 5.06. The molecule has 0 radical (unpaired) electrons. The molecule has 4 nitrogen and oxygen atoms in total. The van der Waals surface area contributed by atoms with Gasteiger partial charge in [-0.25, -0.2) is 0 Å². The summed E-state index contributed by atoms with van der Waals surface area (Å²) in [5, 5.41) is 6.30. The second kappa shape index (κ2) is 6.68. The van der Waals surface area contributed by atoms with Crippen molar-refractivity contribution in [3.63, 3.8) is 0 Å². The van der Waals surface area contributed by atoms with Gasteiger partial charge in [0, 0.05) is 25.2 Å². The van der Waals surface area contributed by atoms with Gasteiger partial charge in [-0.2, -0.15) is 0 Å². The molecule has 1 amide bonds. The van der Waals surface area contributed by atoms with Gasteiger partial charge in [-0.1, -0.05) is 13.0 Å². The average Bonchev–Trinajstić information content (AvgIpc) is 2.46. The number of nitrogens with one attached hydrogen (secondary N) is 2. The minimum atomic E-state index is 0.0258. The van der Waals surface area contributed by atoms with Gasteiger partial charge in [-0.05, 0) is 49.8 Å². The number of benzene rings is 1. The first-order valence-electron chi connectivity index (χ1n) is 7.00. The normalized spacial score (nSPS) is 14.3. The fourth-order valence-corrected chi connectivity index (χ4v) is 2.24. The molecule has 1 aliphatic rings. The van der Waals surface area contributed by atoms with Crippen molar-refractivity contribution in [1.29, 1.82) is 0 Å². The lowest BCUT2D eigenvalue weighted by atomic mass is 9.98. The summed E-state index contributed by atoms with van der Waals surface area (Å²) in [6.07, 6.45) is 1.05. The lowest BCUT2D eigenvalue weighted by molar-refractivity contribution is 0.0950. The minimum Gasteiger partial charge on any atom is -0.351 e. The molecule has 2 N–H and O–H groups in total. The van der Waals surface area contributed by atoms with Crippen LogP contribution in [0.1, 0.15) is 28.4 Å². The fourth-order valence-electron chi connectivity index (χ4n) is 2.24. The van der Waals surface area contributed by atoms with Gasteiger partial charge >= 0.3 is 0 Å². The summed E-state index contributed by atoms with van der Waals surface area (Å²) in [4.78, 5) is 14.2. The van der Waals surface area contributed by atoms with Gasteiger partial charge in [-0.15, -0.1) is 0 Å². The van der Waals surface area contributed by atoms with Crippen LogP contribution < -0.4 is 10.6 Å². The summed E-state index contributed by atoms with van der Waals surface area (Å²) in [7, 11) is 2.05. The van der Waals surface area contributed by atoms with Crippen molar-refractivity contribution in [3.8, 4) is 0 Å². The number of nitrogens with zero attached hydrogens (tertiary/aromatic N) is 1. The molecule has 0 bridgehead atoms. The van der Waals surface area contributed by atoms with Crippen molar-refractivity contribution >= 4 is 5.91 Å². The number of likely N-dealkylation sites (N-methyl/N-ethyl adjacent to an activating group) is 1. The summed E-state index contributed by atoms with van der Waals surface area (Å²) in [6, 6.07) is 6.03. The van der Waals surface area contributed by atoms with Crippen LogP contribution in [-0.4, -0.2) is 44.0 Å². The van der Waals surface area contributed by atoms with E-state index in [1.54, 1.807) is 0 Å². The highest BCUT2D eigenvalue weighted by molar-refractivity contribution is 5.94. The Hall–Kier alpha value is -1.39. The van der Waals surface area contributed by atoms with Crippen molar-refractivity contribution in [2.45, 2.75) is 19.9 Å². The maximum absolute atomic E-state index is 12.1. The van der Waals surface area contributed by atoms with Gasteiger partial charge in [0.25, 0.3) is 5.91 Å². The van der Waals surface area contributed by atoms with Crippen LogP contribution in [0.15, 0.2) is 18.2 Å². The van der Waals surface area contributed by atoms with E-state index in [1.807, 2.05) is 12.1 Å². The highest BCUT2D eigenvalue weighted by Gasteiger charge is 2.12. The summed E-state index contributed by atoms with van der Waals surface area (Å²) in [5.74, 6) is 0.0258. The van der Waals surface area contributed by atoms with Crippen LogP contribution in [0.25, 0.3) is 0 Å². The number of hydrogen-bond donors (Lipinski definition) is 2. The third kappa shape index (κ3) is 3.78. The molecule has 1 heterocycles. The van der Waals surface area contributed by atoms with Gasteiger partial charge < -0.3 is 15.5 Å².